The van der Waals surface area contributed by atoms with Crippen LogP contribution in [-0.4, -0.2) is 30.1 Å². The number of nitrogens with zero attached hydrogens (tertiary/aromatic N) is 1. The molecule has 0 spiro atoms. The smallest absolute Gasteiger partial charge is 0.0253 e. The van der Waals surface area contributed by atoms with Gasteiger partial charge in [0.2, 0.25) is 0 Å². The van der Waals surface area contributed by atoms with Gasteiger partial charge in [-0.05, 0) is 42.9 Å². The molecule has 2 atom stereocenters. The van der Waals surface area contributed by atoms with Crippen LogP contribution in [0.15, 0.2) is 28.7 Å². The predicted molar refractivity (Wildman–Crippen MR) is 87.8 cm³/mol. The standard InChI is InChI=1S/C17H25BrN2/c1-2-4-16-12-20(17(10-19-16)14-7-8-14)11-13-5-3-6-15(18)9-13/h3,5-6,9,14,16-17,19H,2,4,7-8,10-12H2,1H3. The number of hydrogen-bond acceptors (Lipinski definition) is 2. The van der Waals surface area contributed by atoms with Crippen LogP contribution >= 0.6 is 15.9 Å². The SMILES string of the molecule is CCCC1CN(Cc2cccc(Br)c2)C(C2CC2)CN1. The van der Waals surface area contributed by atoms with Crippen molar-refractivity contribution in [3.8, 4) is 0 Å². The highest BCUT2D eigenvalue weighted by atomic mass is 79.9. The molecule has 1 aromatic carbocycles. The third kappa shape index (κ3) is 3.63. The van der Waals surface area contributed by atoms with Crippen LogP contribution in [0.1, 0.15) is 38.2 Å². The van der Waals surface area contributed by atoms with Crippen LogP contribution < -0.4 is 5.32 Å². The highest BCUT2D eigenvalue weighted by molar-refractivity contribution is 9.10. The van der Waals surface area contributed by atoms with Crippen LogP contribution in [0.3, 0.4) is 0 Å². The summed E-state index contributed by atoms with van der Waals surface area (Å²) in [5, 5.41) is 3.77. The molecular weight excluding hydrogens is 312 g/mol. The molecule has 2 aliphatic rings. The molecule has 3 rings (SSSR count). The molecule has 1 aliphatic heterocycles. The first kappa shape index (κ1) is 14.6. The van der Waals surface area contributed by atoms with E-state index in [9.17, 15) is 0 Å². The molecule has 1 saturated carbocycles. The number of piperazine rings is 1. The minimum Gasteiger partial charge on any atom is -0.311 e. The van der Waals surface area contributed by atoms with Crippen molar-refractivity contribution in [1.82, 2.24) is 10.2 Å². The van der Waals surface area contributed by atoms with Gasteiger partial charge in [-0.3, -0.25) is 4.90 Å². The first-order valence-corrected chi connectivity index (χ1v) is 8.77. The van der Waals surface area contributed by atoms with E-state index in [2.05, 4.69) is 57.3 Å². The monoisotopic (exact) mass is 336 g/mol. The molecule has 110 valence electrons. The number of nitrogens with one attached hydrogen (secondary N) is 1. The fourth-order valence-corrected chi connectivity index (χ4v) is 3.89. The summed E-state index contributed by atoms with van der Waals surface area (Å²) in [7, 11) is 0. The fourth-order valence-electron chi connectivity index (χ4n) is 3.44. The van der Waals surface area contributed by atoms with Crippen molar-refractivity contribution in [3.05, 3.63) is 34.3 Å². The van der Waals surface area contributed by atoms with Crippen LogP contribution in [0.4, 0.5) is 0 Å². The molecule has 20 heavy (non-hydrogen) atoms. The summed E-state index contributed by atoms with van der Waals surface area (Å²) in [6.07, 6.45) is 5.43. The van der Waals surface area contributed by atoms with Crippen molar-refractivity contribution >= 4 is 15.9 Å². The van der Waals surface area contributed by atoms with Gasteiger partial charge in [-0.2, -0.15) is 0 Å². The first-order chi connectivity index (χ1) is 9.76. The Bertz CT molecular complexity index is 444. The number of halogens is 1. The molecule has 0 radical (unpaired) electrons. The van der Waals surface area contributed by atoms with E-state index in [0.29, 0.717) is 6.04 Å². The summed E-state index contributed by atoms with van der Waals surface area (Å²) in [4.78, 5) is 2.73. The van der Waals surface area contributed by atoms with Gasteiger partial charge in [0.1, 0.15) is 0 Å². The lowest BCUT2D eigenvalue weighted by atomic mass is 10.0. The Kier molecular flexibility index (Phi) is 4.79. The molecule has 1 aromatic rings. The third-order valence-electron chi connectivity index (χ3n) is 4.62. The number of benzene rings is 1. The Morgan fingerprint density at radius 1 is 1.35 bits per heavy atom. The largest absolute Gasteiger partial charge is 0.311 e. The van der Waals surface area contributed by atoms with Crippen molar-refractivity contribution in [1.29, 1.82) is 0 Å². The first-order valence-electron chi connectivity index (χ1n) is 7.98. The summed E-state index contributed by atoms with van der Waals surface area (Å²) in [6.45, 7) is 5.78. The van der Waals surface area contributed by atoms with Gasteiger partial charge >= 0.3 is 0 Å². The topological polar surface area (TPSA) is 15.3 Å². The van der Waals surface area contributed by atoms with Gasteiger partial charge in [-0.25, -0.2) is 0 Å². The number of rotatable bonds is 5. The van der Waals surface area contributed by atoms with Gasteiger partial charge < -0.3 is 5.32 Å². The molecule has 1 N–H and O–H groups in total. The molecule has 0 amide bonds. The van der Waals surface area contributed by atoms with E-state index in [0.717, 1.165) is 18.5 Å². The van der Waals surface area contributed by atoms with Gasteiger partial charge in [-0.15, -0.1) is 0 Å². The van der Waals surface area contributed by atoms with Crippen molar-refractivity contribution in [2.75, 3.05) is 13.1 Å². The normalized spacial score (nSPS) is 27.7. The predicted octanol–water partition coefficient (Wildman–Crippen LogP) is 3.80. The lowest BCUT2D eigenvalue weighted by Gasteiger charge is -2.41. The second-order valence-corrected chi connectivity index (χ2v) is 7.27. The van der Waals surface area contributed by atoms with Crippen molar-refractivity contribution in [2.24, 2.45) is 5.92 Å². The highest BCUT2D eigenvalue weighted by Gasteiger charge is 2.38. The van der Waals surface area contributed by atoms with Crippen LogP contribution in [-0.2, 0) is 6.54 Å². The van der Waals surface area contributed by atoms with Gasteiger partial charge in [-0.1, -0.05) is 41.4 Å². The zero-order valence-electron chi connectivity index (χ0n) is 12.3. The summed E-state index contributed by atoms with van der Waals surface area (Å²) >= 11 is 3.59. The lowest BCUT2D eigenvalue weighted by Crippen LogP contribution is -2.56. The molecule has 2 nitrogen and oxygen atoms in total. The van der Waals surface area contributed by atoms with Crippen molar-refractivity contribution in [3.63, 3.8) is 0 Å². The van der Waals surface area contributed by atoms with E-state index in [1.165, 1.54) is 48.8 Å². The average Bonchev–Trinajstić information content (AvgIpc) is 3.24. The summed E-state index contributed by atoms with van der Waals surface area (Å²) in [6, 6.07) is 10.2. The fraction of sp³-hybridized carbons (Fsp3) is 0.647. The Balaban J connectivity index is 1.68. The summed E-state index contributed by atoms with van der Waals surface area (Å²) in [5.74, 6) is 0.942. The average molecular weight is 337 g/mol. The molecule has 2 fully saturated rings. The van der Waals surface area contributed by atoms with Crippen LogP contribution in [0.2, 0.25) is 0 Å². The van der Waals surface area contributed by atoms with Crippen molar-refractivity contribution < 1.29 is 0 Å². The third-order valence-corrected chi connectivity index (χ3v) is 5.11. The maximum atomic E-state index is 3.77. The van der Waals surface area contributed by atoms with E-state index >= 15 is 0 Å². The van der Waals surface area contributed by atoms with E-state index in [1.54, 1.807) is 0 Å². The molecule has 0 aromatic heterocycles. The van der Waals surface area contributed by atoms with Gasteiger partial charge in [0, 0.05) is 36.2 Å². The molecule has 0 bridgehead atoms. The Hall–Kier alpha value is -0.380. The molecule has 1 saturated heterocycles. The van der Waals surface area contributed by atoms with Crippen LogP contribution in [0.25, 0.3) is 0 Å². The Morgan fingerprint density at radius 2 is 2.20 bits per heavy atom. The van der Waals surface area contributed by atoms with E-state index < -0.39 is 0 Å². The van der Waals surface area contributed by atoms with E-state index in [-0.39, 0.29) is 0 Å². The molecular formula is C17H25BrN2. The second kappa shape index (κ2) is 6.59. The van der Waals surface area contributed by atoms with Crippen LogP contribution in [0, 0.1) is 5.92 Å². The minimum atomic E-state index is 0.683. The van der Waals surface area contributed by atoms with Gasteiger partial charge in [0.25, 0.3) is 0 Å². The van der Waals surface area contributed by atoms with Gasteiger partial charge in [0.05, 0.1) is 0 Å². The zero-order chi connectivity index (χ0) is 13.9. The quantitative estimate of drug-likeness (QED) is 0.879. The maximum Gasteiger partial charge on any atom is 0.0253 e. The number of hydrogen-bond donors (Lipinski definition) is 1. The second-order valence-electron chi connectivity index (χ2n) is 6.36. The maximum absolute atomic E-state index is 3.77. The molecule has 2 unspecified atom stereocenters. The summed E-state index contributed by atoms with van der Waals surface area (Å²) < 4.78 is 1.19. The van der Waals surface area contributed by atoms with E-state index in [4.69, 9.17) is 0 Å². The Labute approximate surface area is 131 Å². The zero-order valence-corrected chi connectivity index (χ0v) is 13.9. The lowest BCUT2D eigenvalue weighted by molar-refractivity contribution is 0.104. The highest BCUT2D eigenvalue weighted by Crippen LogP contribution is 2.37. The molecule has 3 heteroatoms. The van der Waals surface area contributed by atoms with Gasteiger partial charge in [0.15, 0.2) is 0 Å². The van der Waals surface area contributed by atoms with E-state index in [1.807, 2.05) is 0 Å². The molecule has 1 aliphatic carbocycles. The summed E-state index contributed by atoms with van der Waals surface area (Å²) in [5.41, 5.74) is 1.43. The minimum absolute atomic E-state index is 0.683. The van der Waals surface area contributed by atoms with Crippen molar-refractivity contribution in [2.45, 2.75) is 51.2 Å². The molecule has 1 heterocycles. The van der Waals surface area contributed by atoms with Crippen LogP contribution in [0.5, 0.6) is 0 Å². The Morgan fingerprint density at radius 3 is 2.90 bits per heavy atom.